The van der Waals surface area contributed by atoms with Gasteiger partial charge in [0.2, 0.25) is 0 Å². The number of benzene rings is 2. The zero-order valence-corrected chi connectivity index (χ0v) is 18.2. The first-order valence-corrected chi connectivity index (χ1v) is 10.1. The lowest BCUT2D eigenvalue weighted by molar-refractivity contribution is 0.0937. The lowest BCUT2D eigenvalue weighted by atomic mass is 10.1. The van der Waals surface area contributed by atoms with Crippen molar-refractivity contribution in [1.82, 2.24) is 10.6 Å². The van der Waals surface area contributed by atoms with Crippen LogP contribution in [0.5, 0.6) is 5.75 Å². The molecular weight excluding hydrogens is 402 g/mol. The van der Waals surface area contributed by atoms with Crippen molar-refractivity contribution in [2.75, 3.05) is 25.6 Å². The molecule has 2 amide bonds. The van der Waals surface area contributed by atoms with Crippen LogP contribution in [-0.2, 0) is 4.74 Å². The molecule has 0 spiro atoms. The fourth-order valence-electron chi connectivity index (χ4n) is 2.46. The lowest BCUT2D eigenvalue weighted by Crippen LogP contribution is -2.34. The average Bonchev–Trinajstić information content (AvgIpc) is 2.74. The Balaban J connectivity index is 1.94. The molecular formula is C22H27N3O4S. The Morgan fingerprint density at radius 2 is 1.73 bits per heavy atom. The molecule has 2 aromatic rings. The van der Waals surface area contributed by atoms with E-state index >= 15 is 0 Å². The molecule has 3 N–H and O–H groups in total. The third kappa shape index (κ3) is 7.13. The van der Waals surface area contributed by atoms with Crippen molar-refractivity contribution in [3.05, 3.63) is 59.7 Å². The van der Waals surface area contributed by atoms with Gasteiger partial charge < -0.3 is 20.1 Å². The summed E-state index contributed by atoms with van der Waals surface area (Å²) in [5.41, 5.74) is 1.58. The largest absolute Gasteiger partial charge is 0.490 e. The topological polar surface area (TPSA) is 88.7 Å². The molecule has 0 saturated carbocycles. The van der Waals surface area contributed by atoms with Crippen molar-refractivity contribution in [3.63, 3.8) is 0 Å². The summed E-state index contributed by atoms with van der Waals surface area (Å²) >= 11 is 5.24. The molecule has 160 valence electrons. The number of methoxy groups -OCH3 is 1. The summed E-state index contributed by atoms with van der Waals surface area (Å²) in [7, 11) is 1.58. The highest BCUT2D eigenvalue weighted by Gasteiger charge is 2.14. The van der Waals surface area contributed by atoms with Crippen LogP contribution in [0.1, 0.15) is 41.0 Å². The number of carbonyl (C=O) groups excluding carboxylic acids is 2. The second kappa shape index (κ2) is 11.9. The van der Waals surface area contributed by atoms with Gasteiger partial charge >= 0.3 is 0 Å². The molecule has 0 radical (unpaired) electrons. The zero-order chi connectivity index (χ0) is 21.9. The molecule has 2 rings (SSSR count). The van der Waals surface area contributed by atoms with E-state index in [1.165, 1.54) is 0 Å². The Bertz CT molecular complexity index is 871. The van der Waals surface area contributed by atoms with Gasteiger partial charge in [0.1, 0.15) is 12.4 Å². The molecule has 30 heavy (non-hydrogen) atoms. The molecule has 0 aromatic heterocycles. The first-order chi connectivity index (χ1) is 14.4. The maximum Gasteiger partial charge on any atom is 0.261 e. The predicted octanol–water partition coefficient (Wildman–Crippen LogP) is 3.37. The monoisotopic (exact) mass is 429 g/mol. The van der Waals surface area contributed by atoms with Crippen LogP contribution in [0.2, 0.25) is 0 Å². The molecule has 0 heterocycles. The standard InChI is InChI=1S/C22H27N3O4S/c1-4-15(2)23-20(26)16-9-11-17(12-10-16)24-22(30)25-21(27)18-7-5-6-8-19(18)29-14-13-28-3/h5-12,15H,4,13-14H2,1-3H3,(H,23,26)(H2,24,25,27,30). The SMILES string of the molecule is CCC(C)NC(=O)c1ccc(NC(=S)NC(=O)c2ccccc2OCCOC)cc1. The van der Waals surface area contributed by atoms with Gasteiger partial charge in [-0.25, -0.2) is 0 Å². The molecule has 1 unspecified atom stereocenters. The number of hydrogen-bond donors (Lipinski definition) is 3. The first kappa shape index (κ1) is 23.3. The minimum absolute atomic E-state index is 0.111. The minimum Gasteiger partial charge on any atom is -0.490 e. The maximum atomic E-state index is 12.6. The number of para-hydroxylation sites is 1. The number of ether oxygens (including phenoxy) is 2. The number of carbonyl (C=O) groups is 2. The van der Waals surface area contributed by atoms with Gasteiger partial charge in [0.25, 0.3) is 11.8 Å². The van der Waals surface area contributed by atoms with Gasteiger partial charge in [-0.3, -0.25) is 14.9 Å². The molecule has 2 aromatic carbocycles. The van der Waals surface area contributed by atoms with E-state index in [2.05, 4.69) is 16.0 Å². The Labute approximate surface area is 182 Å². The normalized spacial score (nSPS) is 11.3. The average molecular weight is 430 g/mol. The van der Waals surface area contributed by atoms with Crippen molar-refractivity contribution in [1.29, 1.82) is 0 Å². The lowest BCUT2D eigenvalue weighted by Gasteiger charge is -2.14. The second-order valence-corrected chi connectivity index (χ2v) is 7.01. The molecule has 0 saturated heterocycles. The maximum absolute atomic E-state index is 12.6. The zero-order valence-electron chi connectivity index (χ0n) is 17.4. The van der Waals surface area contributed by atoms with E-state index in [1.54, 1.807) is 55.6 Å². The van der Waals surface area contributed by atoms with Crippen molar-refractivity contribution >= 4 is 34.8 Å². The third-order valence-electron chi connectivity index (χ3n) is 4.30. The molecule has 0 bridgehead atoms. The third-order valence-corrected chi connectivity index (χ3v) is 4.50. The number of anilines is 1. The quantitative estimate of drug-likeness (QED) is 0.418. The minimum atomic E-state index is -0.384. The van der Waals surface area contributed by atoms with E-state index < -0.39 is 0 Å². The van der Waals surface area contributed by atoms with E-state index in [1.807, 2.05) is 13.8 Å². The summed E-state index contributed by atoms with van der Waals surface area (Å²) in [4.78, 5) is 24.7. The molecule has 0 aliphatic carbocycles. The van der Waals surface area contributed by atoms with Crippen LogP contribution >= 0.6 is 12.2 Å². The summed E-state index contributed by atoms with van der Waals surface area (Å²) in [6.45, 7) is 4.72. The van der Waals surface area contributed by atoms with Gasteiger partial charge in [0.15, 0.2) is 5.11 Å². The summed E-state index contributed by atoms with van der Waals surface area (Å²) in [5.74, 6) is -0.0616. The summed E-state index contributed by atoms with van der Waals surface area (Å²) in [6.07, 6.45) is 0.861. The molecule has 0 aliphatic heterocycles. The predicted molar refractivity (Wildman–Crippen MR) is 121 cm³/mol. The Hall–Kier alpha value is -2.97. The van der Waals surface area contributed by atoms with Crippen LogP contribution in [-0.4, -0.2) is 43.3 Å². The van der Waals surface area contributed by atoms with Gasteiger partial charge in [-0.2, -0.15) is 0 Å². The molecule has 0 aliphatic rings. The smallest absolute Gasteiger partial charge is 0.261 e. The fraction of sp³-hybridized carbons (Fsp3) is 0.318. The van der Waals surface area contributed by atoms with Crippen LogP contribution in [0.3, 0.4) is 0 Å². The Morgan fingerprint density at radius 1 is 1.03 bits per heavy atom. The highest BCUT2D eigenvalue weighted by molar-refractivity contribution is 7.80. The van der Waals surface area contributed by atoms with E-state index in [0.29, 0.717) is 35.8 Å². The Kier molecular flexibility index (Phi) is 9.24. The van der Waals surface area contributed by atoms with Crippen LogP contribution < -0.4 is 20.7 Å². The summed E-state index contributed by atoms with van der Waals surface area (Å²) in [5, 5.41) is 8.63. The molecule has 8 heteroatoms. The number of nitrogens with one attached hydrogen (secondary N) is 3. The number of thiocarbonyl (C=S) groups is 1. The molecule has 1 atom stereocenters. The van der Waals surface area contributed by atoms with Crippen LogP contribution in [0.15, 0.2) is 48.5 Å². The number of amides is 2. The van der Waals surface area contributed by atoms with Crippen molar-refractivity contribution in [2.24, 2.45) is 0 Å². The van der Waals surface area contributed by atoms with E-state index in [0.717, 1.165) is 6.42 Å². The van der Waals surface area contributed by atoms with Crippen LogP contribution in [0, 0.1) is 0 Å². The van der Waals surface area contributed by atoms with Crippen LogP contribution in [0.25, 0.3) is 0 Å². The number of rotatable bonds is 9. The Morgan fingerprint density at radius 3 is 2.40 bits per heavy atom. The van der Waals surface area contributed by atoms with Gasteiger partial charge in [0.05, 0.1) is 12.2 Å². The van der Waals surface area contributed by atoms with E-state index in [9.17, 15) is 9.59 Å². The fourth-order valence-corrected chi connectivity index (χ4v) is 2.67. The first-order valence-electron chi connectivity index (χ1n) is 9.68. The highest BCUT2D eigenvalue weighted by Crippen LogP contribution is 2.18. The van der Waals surface area contributed by atoms with Gasteiger partial charge in [-0.15, -0.1) is 0 Å². The van der Waals surface area contributed by atoms with Gasteiger partial charge in [-0.1, -0.05) is 19.1 Å². The molecule has 7 nitrogen and oxygen atoms in total. The van der Waals surface area contributed by atoms with Crippen molar-refractivity contribution in [2.45, 2.75) is 26.3 Å². The number of hydrogen-bond acceptors (Lipinski definition) is 5. The van der Waals surface area contributed by atoms with Crippen LogP contribution in [0.4, 0.5) is 5.69 Å². The van der Waals surface area contributed by atoms with Gasteiger partial charge in [-0.05, 0) is 62.0 Å². The summed E-state index contributed by atoms with van der Waals surface area (Å²) < 4.78 is 10.5. The van der Waals surface area contributed by atoms with Crippen molar-refractivity contribution < 1.29 is 19.1 Å². The second-order valence-electron chi connectivity index (χ2n) is 6.61. The van der Waals surface area contributed by atoms with Crippen molar-refractivity contribution in [3.8, 4) is 5.75 Å². The van der Waals surface area contributed by atoms with Gasteiger partial charge in [0, 0.05) is 24.4 Å². The molecule has 0 fully saturated rings. The van der Waals surface area contributed by atoms with E-state index in [-0.39, 0.29) is 23.0 Å². The summed E-state index contributed by atoms with van der Waals surface area (Å²) in [6, 6.07) is 13.9. The highest BCUT2D eigenvalue weighted by atomic mass is 32.1. The van der Waals surface area contributed by atoms with E-state index in [4.69, 9.17) is 21.7 Å².